The molecular formula is C18H25N3O2S. The van der Waals surface area contributed by atoms with E-state index < -0.39 is 0 Å². The Bertz CT molecular complexity index is 785. The molecule has 1 fully saturated rings. The number of thiophene rings is 1. The maximum absolute atomic E-state index is 12.9. The summed E-state index contributed by atoms with van der Waals surface area (Å²) in [7, 11) is 0. The molecule has 3 rings (SSSR count). The molecule has 1 aliphatic heterocycles. The summed E-state index contributed by atoms with van der Waals surface area (Å²) in [6.45, 7) is 6.31. The Balaban J connectivity index is 1.97. The van der Waals surface area contributed by atoms with Crippen molar-refractivity contribution < 1.29 is 4.79 Å². The lowest BCUT2D eigenvalue weighted by molar-refractivity contribution is 0.0766. The third-order valence-electron chi connectivity index (χ3n) is 4.76. The Kier molecular flexibility index (Phi) is 5.33. The molecule has 0 aliphatic carbocycles. The predicted octanol–water partition coefficient (Wildman–Crippen LogP) is 3.58. The van der Waals surface area contributed by atoms with Gasteiger partial charge >= 0.3 is 0 Å². The first kappa shape index (κ1) is 17.1. The maximum Gasteiger partial charge on any atom is 0.264 e. The molecule has 5 nitrogen and oxygen atoms in total. The second kappa shape index (κ2) is 7.47. The van der Waals surface area contributed by atoms with Gasteiger partial charge in [0.25, 0.3) is 11.5 Å². The molecule has 0 atom stereocenters. The van der Waals surface area contributed by atoms with E-state index in [1.807, 2.05) is 11.8 Å². The molecule has 24 heavy (non-hydrogen) atoms. The Hall–Kier alpha value is -1.69. The zero-order valence-corrected chi connectivity index (χ0v) is 15.3. The van der Waals surface area contributed by atoms with Gasteiger partial charge in [0.1, 0.15) is 4.83 Å². The monoisotopic (exact) mass is 347 g/mol. The van der Waals surface area contributed by atoms with Crippen LogP contribution in [0.15, 0.2) is 11.1 Å². The summed E-state index contributed by atoms with van der Waals surface area (Å²) in [6.07, 6.45) is 8.13. The van der Waals surface area contributed by atoms with Crippen LogP contribution in [-0.4, -0.2) is 33.4 Å². The summed E-state index contributed by atoms with van der Waals surface area (Å²) >= 11 is 1.36. The number of likely N-dealkylation sites (tertiary alicyclic amines) is 1. The van der Waals surface area contributed by atoms with Gasteiger partial charge in [0, 0.05) is 19.6 Å². The van der Waals surface area contributed by atoms with E-state index in [1.54, 1.807) is 10.9 Å². The minimum atomic E-state index is -0.0166. The lowest BCUT2D eigenvalue weighted by Gasteiger charge is -2.19. The van der Waals surface area contributed by atoms with Crippen molar-refractivity contribution in [3.05, 3.63) is 27.1 Å². The lowest BCUT2D eigenvalue weighted by Crippen LogP contribution is -2.31. The first-order chi connectivity index (χ1) is 11.6. The van der Waals surface area contributed by atoms with Crippen LogP contribution in [0.3, 0.4) is 0 Å². The van der Waals surface area contributed by atoms with Gasteiger partial charge in [-0.05, 0) is 31.7 Å². The topological polar surface area (TPSA) is 55.2 Å². The number of hydrogen-bond acceptors (Lipinski definition) is 4. The van der Waals surface area contributed by atoms with E-state index in [2.05, 4.69) is 11.9 Å². The van der Waals surface area contributed by atoms with Crippen molar-refractivity contribution in [2.75, 3.05) is 13.1 Å². The number of aromatic nitrogens is 2. The smallest absolute Gasteiger partial charge is 0.264 e. The molecule has 130 valence electrons. The van der Waals surface area contributed by atoms with Gasteiger partial charge in [0.2, 0.25) is 0 Å². The number of carbonyl (C=O) groups is 1. The molecule has 0 N–H and O–H groups in total. The Labute approximate surface area is 146 Å². The lowest BCUT2D eigenvalue weighted by atomic mass is 10.2. The Morgan fingerprint density at radius 3 is 2.62 bits per heavy atom. The van der Waals surface area contributed by atoms with E-state index >= 15 is 0 Å². The van der Waals surface area contributed by atoms with Crippen molar-refractivity contribution in [2.45, 2.75) is 58.9 Å². The average Bonchev–Trinajstić information content (AvgIpc) is 2.77. The number of aryl methyl sites for hydroxylation is 2. The van der Waals surface area contributed by atoms with E-state index in [4.69, 9.17) is 0 Å². The standard InChI is InChI=1S/C18H25N3O2S/c1-3-4-9-21-12-19-16-14(17(21)22)13(2)15(24-16)18(23)20-10-7-5-6-8-11-20/h12H,3-11H2,1-2H3. The summed E-state index contributed by atoms with van der Waals surface area (Å²) < 4.78 is 1.67. The first-order valence-corrected chi connectivity index (χ1v) is 9.73. The zero-order valence-electron chi connectivity index (χ0n) is 14.5. The first-order valence-electron chi connectivity index (χ1n) is 8.91. The number of unbranched alkanes of at least 4 members (excludes halogenated alkanes) is 1. The van der Waals surface area contributed by atoms with Crippen LogP contribution in [0.5, 0.6) is 0 Å². The number of hydrogen-bond donors (Lipinski definition) is 0. The molecule has 2 aromatic rings. The van der Waals surface area contributed by atoms with Crippen LogP contribution in [0, 0.1) is 6.92 Å². The average molecular weight is 347 g/mol. The molecule has 0 aromatic carbocycles. The maximum atomic E-state index is 12.9. The fraction of sp³-hybridized carbons (Fsp3) is 0.611. The number of rotatable bonds is 4. The number of fused-ring (bicyclic) bond motifs is 1. The molecular weight excluding hydrogens is 322 g/mol. The van der Waals surface area contributed by atoms with Crippen molar-refractivity contribution in [2.24, 2.45) is 0 Å². The van der Waals surface area contributed by atoms with Gasteiger partial charge in [-0.2, -0.15) is 0 Å². The van der Waals surface area contributed by atoms with E-state index in [9.17, 15) is 9.59 Å². The van der Waals surface area contributed by atoms with Gasteiger partial charge in [-0.25, -0.2) is 4.98 Å². The molecule has 2 aromatic heterocycles. The number of amides is 1. The third-order valence-corrected chi connectivity index (χ3v) is 5.95. The number of nitrogens with zero attached hydrogens (tertiary/aromatic N) is 3. The number of carbonyl (C=O) groups excluding carboxylic acids is 1. The van der Waals surface area contributed by atoms with E-state index in [0.717, 1.165) is 44.3 Å². The highest BCUT2D eigenvalue weighted by atomic mass is 32.1. The fourth-order valence-corrected chi connectivity index (χ4v) is 4.38. The van der Waals surface area contributed by atoms with Gasteiger partial charge < -0.3 is 4.90 Å². The zero-order chi connectivity index (χ0) is 17.1. The molecule has 0 unspecified atom stereocenters. The minimum Gasteiger partial charge on any atom is -0.338 e. The van der Waals surface area contributed by atoms with Crippen molar-refractivity contribution >= 4 is 27.5 Å². The summed E-state index contributed by atoms with van der Waals surface area (Å²) in [5, 5.41) is 0.622. The van der Waals surface area contributed by atoms with Gasteiger partial charge in [-0.15, -0.1) is 11.3 Å². The van der Waals surface area contributed by atoms with Crippen molar-refractivity contribution in [3.8, 4) is 0 Å². The van der Waals surface area contributed by atoms with Crippen molar-refractivity contribution in [1.82, 2.24) is 14.5 Å². The molecule has 0 bridgehead atoms. The van der Waals surface area contributed by atoms with Crippen LogP contribution in [0.2, 0.25) is 0 Å². The van der Waals surface area contributed by atoms with Gasteiger partial charge in [-0.3, -0.25) is 14.2 Å². The Morgan fingerprint density at radius 2 is 1.96 bits per heavy atom. The highest BCUT2D eigenvalue weighted by Gasteiger charge is 2.24. The Morgan fingerprint density at radius 1 is 1.25 bits per heavy atom. The molecule has 1 aliphatic rings. The summed E-state index contributed by atoms with van der Waals surface area (Å²) in [5.41, 5.74) is 0.782. The fourth-order valence-electron chi connectivity index (χ4n) is 3.27. The summed E-state index contributed by atoms with van der Waals surface area (Å²) in [5.74, 6) is 0.0666. The van der Waals surface area contributed by atoms with Gasteiger partial charge in [0.15, 0.2) is 0 Å². The quantitative estimate of drug-likeness (QED) is 0.849. The minimum absolute atomic E-state index is 0.0166. The molecule has 0 spiro atoms. The van der Waals surface area contributed by atoms with Crippen molar-refractivity contribution in [3.63, 3.8) is 0 Å². The highest BCUT2D eigenvalue weighted by Crippen LogP contribution is 2.28. The molecule has 1 saturated heterocycles. The van der Waals surface area contributed by atoms with Gasteiger partial charge in [-0.1, -0.05) is 26.2 Å². The van der Waals surface area contributed by atoms with E-state index in [-0.39, 0.29) is 11.5 Å². The van der Waals surface area contributed by atoms with Crippen LogP contribution < -0.4 is 5.56 Å². The van der Waals surface area contributed by atoms with Crippen molar-refractivity contribution in [1.29, 1.82) is 0 Å². The SMILES string of the molecule is CCCCn1cnc2sc(C(=O)N3CCCCCC3)c(C)c2c1=O. The molecule has 6 heteroatoms. The van der Waals surface area contributed by atoms with E-state index in [1.165, 1.54) is 24.2 Å². The van der Waals surface area contributed by atoms with E-state index in [0.29, 0.717) is 21.6 Å². The second-order valence-corrected chi connectivity index (χ2v) is 7.54. The summed E-state index contributed by atoms with van der Waals surface area (Å²) in [6, 6.07) is 0. The van der Waals surface area contributed by atoms with Crippen LogP contribution in [0.25, 0.3) is 10.2 Å². The van der Waals surface area contributed by atoms with Gasteiger partial charge in [0.05, 0.1) is 16.6 Å². The summed E-state index contributed by atoms with van der Waals surface area (Å²) in [4.78, 5) is 33.4. The highest BCUT2D eigenvalue weighted by molar-refractivity contribution is 7.20. The molecule has 0 radical (unpaired) electrons. The molecule has 3 heterocycles. The van der Waals surface area contributed by atoms with Crippen LogP contribution in [-0.2, 0) is 6.54 Å². The molecule has 1 amide bonds. The largest absolute Gasteiger partial charge is 0.338 e. The third kappa shape index (κ3) is 3.24. The van der Waals surface area contributed by atoms with Crippen LogP contribution >= 0.6 is 11.3 Å². The molecule has 0 saturated carbocycles. The van der Waals surface area contributed by atoms with Crippen LogP contribution in [0.1, 0.15) is 60.7 Å². The predicted molar refractivity (Wildman–Crippen MR) is 97.9 cm³/mol. The van der Waals surface area contributed by atoms with Crippen LogP contribution in [0.4, 0.5) is 0 Å². The second-order valence-electron chi connectivity index (χ2n) is 6.54. The normalized spacial score (nSPS) is 15.7.